The number of fused-ring (bicyclic) bond motifs is 2. The van der Waals surface area contributed by atoms with Crippen molar-refractivity contribution in [2.24, 2.45) is 17.3 Å². The number of rotatable bonds is 5. The minimum atomic E-state index is -1.29. The number of aliphatic hydroxyl groups excluding tert-OH is 1. The van der Waals surface area contributed by atoms with E-state index in [-0.39, 0.29) is 29.7 Å². The highest BCUT2D eigenvalue weighted by Gasteiger charge is 2.75. The van der Waals surface area contributed by atoms with E-state index < -0.39 is 40.7 Å². The summed E-state index contributed by atoms with van der Waals surface area (Å²) in [7, 11) is 1.73. The quantitative estimate of drug-likeness (QED) is 0.584. The number of nitrogens with zero attached hydrogens (tertiary/aromatic N) is 3. The van der Waals surface area contributed by atoms with E-state index in [4.69, 9.17) is 4.74 Å². The van der Waals surface area contributed by atoms with Crippen molar-refractivity contribution in [1.82, 2.24) is 14.7 Å². The van der Waals surface area contributed by atoms with E-state index in [1.165, 1.54) is 0 Å². The third-order valence-corrected chi connectivity index (χ3v) is 8.47. The van der Waals surface area contributed by atoms with Crippen molar-refractivity contribution in [3.63, 3.8) is 0 Å². The molecule has 200 valence electrons. The number of ether oxygens (including phenoxy) is 1. The van der Waals surface area contributed by atoms with Gasteiger partial charge in [-0.3, -0.25) is 14.4 Å². The van der Waals surface area contributed by atoms with E-state index in [2.05, 4.69) is 34.6 Å². The van der Waals surface area contributed by atoms with E-state index in [1.807, 2.05) is 43.1 Å². The number of likely N-dealkylation sites (tertiary alicyclic amines) is 1. The summed E-state index contributed by atoms with van der Waals surface area (Å²) >= 11 is 0. The van der Waals surface area contributed by atoms with Crippen molar-refractivity contribution < 1.29 is 24.2 Å². The van der Waals surface area contributed by atoms with Crippen LogP contribution in [-0.4, -0.2) is 93.1 Å². The summed E-state index contributed by atoms with van der Waals surface area (Å²) in [5, 5.41) is 10.2. The Balaban J connectivity index is 1.89. The Morgan fingerprint density at radius 1 is 1.03 bits per heavy atom. The molecule has 0 saturated carbocycles. The molecule has 36 heavy (non-hydrogen) atoms. The predicted molar refractivity (Wildman–Crippen MR) is 137 cm³/mol. The molecule has 4 heterocycles. The lowest BCUT2D eigenvalue weighted by Crippen LogP contribution is -2.62. The molecule has 8 nitrogen and oxygen atoms in total. The Kier molecular flexibility index (Phi) is 6.48. The molecule has 0 aromatic carbocycles. The number of hydrogen-bond acceptors (Lipinski definition) is 5. The SMILES string of the molecule is CC[C@@H](CO)N1C(=O)[C@@H]2[C@H]3C(=O)N(C)CC=C[C@@]3(C)O[C@@]23C=CCN(C(C)(C)CC(C)(C)C)C(=O)C13. The summed E-state index contributed by atoms with van der Waals surface area (Å²) < 4.78 is 6.81. The third kappa shape index (κ3) is 3.92. The maximum absolute atomic E-state index is 14.5. The van der Waals surface area contributed by atoms with Gasteiger partial charge in [0, 0.05) is 25.7 Å². The Bertz CT molecular complexity index is 994. The molecule has 1 spiro atoms. The normalized spacial score (nSPS) is 35.5. The van der Waals surface area contributed by atoms with E-state index in [9.17, 15) is 19.5 Å². The molecule has 0 aliphatic carbocycles. The highest BCUT2D eigenvalue weighted by atomic mass is 16.5. The van der Waals surface area contributed by atoms with Crippen LogP contribution in [0, 0.1) is 17.3 Å². The number of amides is 3. The largest absolute Gasteiger partial charge is 0.394 e. The molecule has 1 N–H and O–H groups in total. The first-order valence-electron chi connectivity index (χ1n) is 13.2. The van der Waals surface area contributed by atoms with Crippen LogP contribution in [0.2, 0.25) is 0 Å². The molecule has 8 heteroatoms. The van der Waals surface area contributed by atoms with Crippen LogP contribution in [0.5, 0.6) is 0 Å². The van der Waals surface area contributed by atoms with Gasteiger partial charge in [0.25, 0.3) is 0 Å². The molecule has 1 unspecified atom stereocenters. The van der Waals surface area contributed by atoms with Gasteiger partial charge in [-0.1, -0.05) is 52.0 Å². The Labute approximate surface area is 215 Å². The van der Waals surface area contributed by atoms with Crippen LogP contribution < -0.4 is 0 Å². The molecular weight excluding hydrogens is 458 g/mol. The van der Waals surface area contributed by atoms with E-state index in [0.29, 0.717) is 19.5 Å². The standard InChI is InChI=1S/C28H43N3O5/c1-9-18(16-32)31-21-24(35)30(26(5,6)17-25(2,3)4)15-11-13-28(21)20(23(31)34)19-22(33)29(8)14-10-12-27(19,7)36-28/h10-13,18-21,32H,9,14-17H2,1-8H3/t18-,19-,20-,21?,27+,28-/m0/s1. The van der Waals surface area contributed by atoms with Crippen molar-refractivity contribution in [2.75, 3.05) is 26.7 Å². The van der Waals surface area contributed by atoms with Crippen LogP contribution in [-0.2, 0) is 19.1 Å². The summed E-state index contributed by atoms with van der Waals surface area (Å²) in [4.78, 5) is 47.4. The van der Waals surface area contributed by atoms with Crippen molar-refractivity contribution in [3.8, 4) is 0 Å². The van der Waals surface area contributed by atoms with Crippen LogP contribution in [0.15, 0.2) is 24.3 Å². The lowest BCUT2D eigenvalue weighted by Gasteiger charge is -2.45. The third-order valence-electron chi connectivity index (χ3n) is 8.47. The summed E-state index contributed by atoms with van der Waals surface area (Å²) in [6.07, 6.45) is 8.83. The van der Waals surface area contributed by atoms with Crippen LogP contribution in [0.4, 0.5) is 0 Å². The second-order valence-electron chi connectivity index (χ2n) is 13.0. The molecule has 2 fully saturated rings. The first-order valence-corrected chi connectivity index (χ1v) is 13.2. The number of carbonyl (C=O) groups excluding carboxylic acids is 3. The summed E-state index contributed by atoms with van der Waals surface area (Å²) in [6, 6.07) is -1.50. The number of likely N-dealkylation sites (N-methyl/N-ethyl adjacent to an activating group) is 1. The van der Waals surface area contributed by atoms with Gasteiger partial charge in [0.05, 0.1) is 30.1 Å². The molecule has 6 atom stereocenters. The number of carbonyl (C=O) groups is 3. The zero-order valence-corrected chi connectivity index (χ0v) is 23.1. The molecule has 2 saturated heterocycles. The lowest BCUT2D eigenvalue weighted by molar-refractivity contribution is -0.159. The maximum Gasteiger partial charge on any atom is 0.249 e. The molecule has 0 aromatic rings. The number of hydrogen-bond donors (Lipinski definition) is 1. The van der Waals surface area contributed by atoms with Crippen LogP contribution in [0.1, 0.15) is 61.3 Å². The van der Waals surface area contributed by atoms with Gasteiger partial charge in [0.2, 0.25) is 17.7 Å². The fraction of sp³-hybridized carbons (Fsp3) is 0.750. The maximum atomic E-state index is 14.5. The number of aliphatic hydroxyl groups is 1. The van der Waals surface area contributed by atoms with Gasteiger partial charge in [-0.25, -0.2) is 0 Å². The monoisotopic (exact) mass is 501 g/mol. The lowest BCUT2D eigenvalue weighted by atomic mass is 9.74. The van der Waals surface area contributed by atoms with Gasteiger partial charge >= 0.3 is 0 Å². The molecule has 4 aliphatic rings. The van der Waals surface area contributed by atoms with Gasteiger partial charge in [0.15, 0.2) is 0 Å². The molecular formula is C28H43N3O5. The van der Waals surface area contributed by atoms with Crippen molar-refractivity contribution >= 4 is 17.7 Å². The summed E-state index contributed by atoms with van der Waals surface area (Å²) in [6.45, 7) is 14.9. The Morgan fingerprint density at radius 2 is 1.67 bits per heavy atom. The summed E-state index contributed by atoms with van der Waals surface area (Å²) in [5.41, 5.74) is -2.81. The highest BCUT2D eigenvalue weighted by Crippen LogP contribution is 2.58. The molecule has 3 amide bonds. The molecule has 4 rings (SSSR count). The topological polar surface area (TPSA) is 90.4 Å². The van der Waals surface area contributed by atoms with Crippen molar-refractivity contribution in [1.29, 1.82) is 0 Å². The minimum Gasteiger partial charge on any atom is -0.394 e. The second kappa shape index (κ2) is 8.69. The molecule has 0 radical (unpaired) electrons. The zero-order chi connectivity index (χ0) is 26.8. The van der Waals surface area contributed by atoms with Gasteiger partial charge in [0.1, 0.15) is 11.6 Å². The second-order valence-corrected chi connectivity index (χ2v) is 13.0. The van der Waals surface area contributed by atoms with Gasteiger partial charge in [-0.15, -0.1) is 0 Å². The first-order chi connectivity index (χ1) is 16.6. The Hall–Kier alpha value is -2.19. The highest BCUT2D eigenvalue weighted by molar-refractivity contribution is 6.00. The minimum absolute atomic E-state index is 0.0193. The fourth-order valence-corrected chi connectivity index (χ4v) is 7.33. The first kappa shape index (κ1) is 26.9. The van der Waals surface area contributed by atoms with Crippen LogP contribution in [0.3, 0.4) is 0 Å². The molecule has 0 aromatic heterocycles. The van der Waals surface area contributed by atoms with E-state index in [0.717, 1.165) is 6.42 Å². The van der Waals surface area contributed by atoms with Gasteiger partial charge in [-0.2, -0.15) is 0 Å². The predicted octanol–water partition coefficient (Wildman–Crippen LogP) is 2.37. The van der Waals surface area contributed by atoms with Crippen LogP contribution in [0.25, 0.3) is 0 Å². The average molecular weight is 502 g/mol. The zero-order valence-electron chi connectivity index (χ0n) is 23.1. The molecule has 4 aliphatic heterocycles. The Morgan fingerprint density at radius 3 is 2.25 bits per heavy atom. The molecule has 0 bridgehead atoms. The fourth-order valence-electron chi connectivity index (χ4n) is 7.33. The smallest absolute Gasteiger partial charge is 0.249 e. The van der Waals surface area contributed by atoms with Crippen molar-refractivity contribution in [2.45, 2.75) is 90.1 Å². The average Bonchev–Trinajstić information content (AvgIpc) is 3.02. The van der Waals surface area contributed by atoms with E-state index >= 15 is 0 Å². The van der Waals surface area contributed by atoms with E-state index in [1.54, 1.807) is 16.8 Å². The summed E-state index contributed by atoms with van der Waals surface area (Å²) in [5.74, 6) is -2.26. The van der Waals surface area contributed by atoms with Gasteiger partial charge in [-0.05, 0) is 39.0 Å². The van der Waals surface area contributed by atoms with Crippen LogP contribution >= 0.6 is 0 Å². The van der Waals surface area contributed by atoms with Crippen molar-refractivity contribution in [3.05, 3.63) is 24.3 Å². The van der Waals surface area contributed by atoms with Gasteiger partial charge < -0.3 is 24.5 Å².